The molecule has 2 heterocycles. The number of carboxylic acids is 2. The SMILES string of the molecule is Cc1ccccc1C1NCCN2C(=O)C(C(=O)O)(C(=O)O)CC12. The summed E-state index contributed by atoms with van der Waals surface area (Å²) in [4.78, 5) is 37.1. The Kier molecular flexibility index (Phi) is 3.60. The van der Waals surface area contributed by atoms with Crippen molar-refractivity contribution in [2.75, 3.05) is 13.1 Å². The largest absolute Gasteiger partial charge is 0.480 e. The maximum Gasteiger partial charge on any atom is 0.330 e. The zero-order chi connectivity index (χ0) is 16.8. The van der Waals surface area contributed by atoms with Crippen LogP contribution < -0.4 is 5.32 Å². The number of hydrogen-bond donors (Lipinski definition) is 3. The lowest BCUT2D eigenvalue weighted by Crippen LogP contribution is -2.52. The number of piperazine rings is 1. The standard InChI is InChI=1S/C16H18N2O5/c1-9-4-2-3-5-10(9)12-11-8-16(14(20)21,15(22)23)13(19)18(11)7-6-17-12/h2-5,11-12,17H,6-8H2,1H3,(H,20,21)(H,22,23). The second-order valence-corrected chi connectivity index (χ2v) is 6.07. The van der Waals surface area contributed by atoms with E-state index in [1.54, 1.807) is 0 Å². The molecule has 7 nitrogen and oxygen atoms in total. The molecule has 2 aliphatic heterocycles. The zero-order valence-electron chi connectivity index (χ0n) is 12.7. The highest BCUT2D eigenvalue weighted by Crippen LogP contribution is 2.43. The summed E-state index contributed by atoms with van der Waals surface area (Å²) >= 11 is 0. The third kappa shape index (κ3) is 2.11. The van der Waals surface area contributed by atoms with Crippen molar-refractivity contribution in [1.29, 1.82) is 0 Å². The van der Waals surface area contributed by atoms with Crippen LogP contribution in [0.2, 0.25) is 0 Å². The second kappa shape index (κ2) is 5.34. The summed E-state index contributed by atoms with van der Waals surface area (Å²) in [7, 11) is 0. The molecular weight excluding hydrogens is 300 g/mol. The van der Waals surface area contributed by atoms with Crippen LogP contribution in [0.15, 0.2) is 24.3 Å². The first-order chi connectivity index (χ1) is 10.9. The summed E-state index contributed by atoms with van der Waals surface area (Å²) in [6, 6.07) is 6.88. The van der Waals surface area contributed by atoms with Crippen molar-refractivity contribution >= 4 is 17.8 Å². The summed E-state index contributed by atoms with van der Waals surface area (Å²) in [5.74, 6) is -4.00. The van der Waals surface area contributed by atoms with E-state index in [-0.39, 0.29) is 12.5 Å². The van der Waals surface area contributed by atoms with Gasteiger partial charge in [0.2, 0.25) is 5.41 Å². The van der Waals surface area contributed by atoms with E-state index >= 15 is 0 Å². The third-order valence-corrected chi connectivity index (χ3v) is 4.90. The average molecular weight is 318 g/mol. The number of rotatable bonds is 3. The molecule has 0 aromatic heterocycles. The Labute approximate surface area is 132 Å². The minimum atomic E-state index is -2.38. The summed E-state index contributed by atoms with van der Waals surface area (Å²) in [6.45, 7) is 2.75. The molecule has 2 unspecified atom stereocenters. The van der Waals surface area contributed by atoms with Gasteiger partial charge in [-0.05, 0) is 18.1 Å². The van der Waals surface area contributed by atoms with Crippen molar-refractivity contribution in [2.24, 2.45) is 5.41 Å². The van der Waals surface area contributed by atoms with Crippen LogP contribution in [0.4, 0.5) is 0 Å². The Morgan fingerprint density at radius 2 is 1.91 bits per heavy atom. The lowest BCUT2D eigenvalue weighted by molar-refractivity contribution is -0.168. The second-order valence-electron chi connectivity index (χ2n) is 6.07. The Balaban J connectivity index is 2.04. The molecule has 2 atom stereocenters. The van der Waals surface area contributed by atoms with E-state index in [2.05, 4.69) is 5.32 Å². The van der Waals surface area contributed by atoms with Crippen LogP contribution >= 0.6 is 0 Å². The van der Waals surface area contributed by atoms with Crippen molar-refractivity contribution in [1.82, 2.24) is 10.2 Å². The number of nitrogens with one attached hydrogen (secondary N) is 1. The molecule has 0 saturated carbocycles. The molecule has 1 aromatic rings. The van der Waals surface area contributed by atoms with Crippen molar-refractivity contribution < 1.29 is 24.6 Å². The molecule has 0 radical (unpaired) electrons. The number of benzene rings is 1. The molecule has 0 bridgehead atoms. The monoisotopic (exact) mass is 318 g/mol. The van der Waals surface area contributed by atoms with E-state index in [0.29, 0.717) is 13.1 Å². The van der Waals surface area contributed by atoms with Gasteiger partial charge in [0.05, 0.1) is 12.1 Å². The molecule has 122 valence electrons. The fourth-order valence-corrected chi connectivity index (χ4v) is 3.65. The third-order valence-electron chi connectivity index (χ3n) is 4.90. The maximum atomic E-state index is 12.5. The van der Waals surface area contributed by atoms with Crippen molar-refractivity contribution in [3.8, 4) is 0 Å². The summed E-state index contributed by atoms with van der Waals surface area (Å²) in [5, 5.41) is 22.1. The van der Waals surface area contributed by atoms with Gasteiger partial charge < -0.3 is 20.4 Å². The Morgan fingerprint density at radius 1 is 1.26 bits per heavy atom. The minimum absolute atomic E-state index is 0.234. The van der Waals surface area contributed by atoms with Gasteiger partial charge in [-0.1, -0.05) is 24.3 Å². The Hall–Kier alpha value is -2.41. The van der Waals surface area contributed by atoms with Crippen LogP contribution in [-0.4, -0.2) is 52.1 Å². The van der Waals surface area contributed by atoms with Crippen LogP contribution in [0.3, 0.4) is 0 Å². The molecule has 1 aromatic carbocycles. The summed E-state index contributed by atoms with van der Waals surface area (Å²) < 4.78 is 0. The quantitative estimate of drug-likeness (QED) is 0.696. The van der Waals surface area contributed by atoms with Gasteiger partial charge in [0.15, 0.2) is 0 Å². The average Bonchev–Trinajstić information content (AvgIpc) is 2.82. The fourth-order valence-electron chi connectivity index (χ4n) is 3.65. The molecule has 0 spiro atoms. The van der Waals surface area contributed by atoms with Crippen LogP contribution in [0.5, 0.6) is 0 Å². The normalized spacial score (nSPS) is 26.0. The number of nitrogens with zero attached hydrogens (tertiary/aromatic N) is 1. The predicted octanol–water partition coefficient (Wildman–Crippen LogP) is 0.396. The number of carbonyl (C=O) groups excluding carboxylic acids is 1. The minimum Gasteiger partial charge on any atom is -0.480 e. The molecule has 3 N–H and O–H groups in total. The van der Waals surface area contributed by atoms with Crippen LogP contribution in [0.1, 0.15) is 23.6 Å². The molecule has 2 saturated heterocycles. The van der Waals surface area contributed by atoms with E-state index in [4.69, 9.17) is 0 Å². The fraction of sp³-hybridized carbons (Fsp3) is 0.438. The van der Waals surface area contributed by atoms with Gasteiger partial charge in [0.1, 0.15) is 0 Å². The lowest BCUT2D eigenvalue weighted by Gasteiger charge is -2.38. The molecule has 7 heteroatoms. The van der Waals surface area contributed by atoms with E-state index < -0.39 is 29.3 Å². The highest BCUT2D eigenvalue weighted by molar-refractivity contribution is 6.19. The highest BCUT2D eigenvalue weighted by Gasteiger charge is 2.64. The molecule has 23 heavy (non-hydrogen) atoms. The maximum absolute atomic E-state index is 12.5. The number of aryl methyl sites for hydroxylation is 1. The number of aliphatic carboxylic acids is 2. The number of carboxylic acid groups (broad SMARTS) is 2. The van der Waals surface area contributed by atoms with Crippen LogP contribution in [0.25, 0.3) is 0 Å². The molecular formula is C16H18N2O5. The van der Waals surface area contributed by atoms with Crippen molar-refractivity contribution in [2.45, 2.75) is 25.4 Å². The van der Waals surface area contributed by atoms with Crippen LogP contribution in [-0.2, 0) is 14.4 Å². The topological polar surface area (TPSA) is 107 Å². The highest BCUT2D eigenvalue weighted by atomic mass is 16.4. The predicted molar refractivity (Wildman–Crippen MR) is 79.7 cm³/mol. The summed E-state index contributed by atoms with van der Waals surface area (Å²) in [6.07, 6.45) is -0.234. The first kappa shape index (κ1) is 15.5. The molecule has 1 amide bonds. The number of fused-ring (bicyclic) bond motifs is 1. The van der Waals surface area contributed by atoms with Gasteiger partial charge in [-0.25, -0.2) is 0 Å². The number of hydrogen-bond acceptors (Lipinski definition) is 4. The first-order valence-electron chi connectivity index (χ1n) is 7.46. The van der Waals surface area contributed by atoms with Crippen molar-refractivity contribution in [3.63, 3.8) is 0 Å². The van der Waals surface area contributed by atoms with E-state index in [9.17, 15) is 24.6 Å². The van der Waals surface area contributed by atoms with Gasteiger partial charge in [-0.3, -0.25) is 14.4 Å². The molecule has 2 aliphatic rings. The summed E-state index contributed by atoms with van der Waals surface area (Å²) in [5.41, 5.74) is -0.401. The van der Waals surface area contributed by atoms with Gasteiger partial charge in [-0.2, -0.15) is 0 Å². The number of amides is 1. The molecule has 3 rings (SSSR count). The first-order valence-corrected chi connectivity index (χ1v) is 7.46. The number of carbonyl (C=O) groups is 3. The zero-order valence-corrected chi connectivity index (χ0v) is 12.7. The van der Waals surface area contributed by atoms with E-state index in [0.717, 1.165) is 11.1 Å². The van der Waals surface area contributed by atoms with Crippen molar-refractivity contribution in [3.05, 3.63) is 35.4 Å². The molecule has 2 fully saturated rings. The van der Waals surface area contributed by atoms with Gasteiger partial charge in [0, 0.05) is 19.5 Å². The van der Waals surface area contributed by atoms with Gasteiger partial charge >= 0.3 is 11.9 Å². The smallest absolute Gasteiger partial charge is 0.330 e. The Morgan fingerprint density at radius 3 is 2.52 bits per heavy atom. The van der Waals surface area contributed by atoms with Crippen LogP contribution in [0, 0.1) is 12.3 Å². The van der Waals surface area contributed by atoms with Gasteiger partial charge in [0.25, 0.3) is 5.91 Å². The lowest BCUT2D eigenvalue weighted by atomic mass is 9.82. The molecule has 0 aliphatic carbocycles. The van der Waals surface area contributed by atoms with Gasteiger partial charge in [-0.15, -0.1) is 0 Å². The Bertz CT molecular complexity index is 673. The van der Waals surface area contributed by atoms with E-state index in [1.165, 1.54) is 4.90 Å². The van der Waals surface area contributed by atoms with E-state index in [1.807, 2.05) is 31.2 Å².